The van der Waals surface area contributed by atoms with E-state index in [0.717, 1.165) is 24.6 Å². The van der Waals surface area contributed by atoms with Crippen LogP contribution in [0.2, 0.25) is 0 Å². The summed E-state index contributed by atoms with van der Waals surface area (Å²) in [4.78, 5) is 9.41. The first-order chi connectivity index (χ1) is 8.83. The first-order valence-electron chi connectivity index (χ1n) is 5.99. The van der Waals surface area contributed by atoms with Crippen molar-refractivity contribution in [2.75, 3.05) is 26.9 Å². The lowest BCUT2D eigenvalue weighted by atomic mass is 9.97. The van der Waals surface area contributed by atoms with Crippen LogP contribution in [0.15, 0.2) is 29.3 Å². The third-order valence-corrected chi connectivity index (χ3v) is 2.91. The van der Waals surface area contributed by atoms with Gasteiger partial charge in [0.05, 0.1) is 20.3 Å². The van der Waals surface area contributed by atoms with Crippen molar-refractivity contribution in [1.82, 2.24) is 5.48 Å². The summed E-state index contributed by atoms with van der Waals surface area (Å²) in [6.45, 7) is 1.03. The number of hydroxylamine groups is 1. The second-order valence-corrected chi connectivity index (χ2v) is 4.14. The highest BCUT2D eigenvalue weighted by Gasteiger charge is 2.20. The number of hydrogen-bond donors (Lipinski definition) is 2. The SMILES string of the molecule is COc1ccc([C@@H]2CN=C(NOCCO)C2)cc1. The van der Waals surface area contributed by atoms with Crippen LogP contribution in [0.3, 0.4) is 0 Å². The van der Waals surface area contributed by atoms with E-state index in [4.69, 9.17) is 14.7 Å². The monoisotopic (exact) mass is 250 g/mol. The van der Waals surface area contributed by atoms with Crippen LogP contribution in [-0.4, -0.2) is 37.8 Å². The van der Waals surface area contributed by atoms with Crippen molar-refractivity contribution in [3.63, 3.8) is 0 Å². The molecule has 0 fully saturated rings. The van der Waals surface area contributed by atoms with Crippen molar-refractivity contribution in [1.29, 1.82) is 0 Å². The van der Waals surface area contributed by atoms with Crippen LogP contribution >= 0.6 is 0 Å². The third kappa shape index (κ3) is 3.21. The predicted octanol–water partition coefficient (Wildman–Crippen LogP) is 1.09. The van der Waals surface area contributed by atoms with Crippen molar-refractivity contribution in [2.24, 2.45) is 4.99 Å². The summed E-state index contributed by atoms with van der Waals surface area (Å²) in [5, 5.41) is 8.60. The first-order valence-corrected chi connectivity index (χ1v) is 5.99. The molecule has 1 atom stereocenters. The fourth-order valence-electron chi connectivity index (χ4n) is 1.94. The number of benzene rings is 1. The molecule has 1 aliphatic heterocycles. The molecule has 0 saturated carbocycles. The number of methoxy groups -OCH3 is 1. The van der Waals surface area contributed by atoms with Gasteiger partial charge in [0.15, 0.2) is 0 Å². The fraction of sp³-hybridized carbons (Fsp3) is 0.462. The number of aliphatic hydroxyl groups is 1. The standard InChI is InChI=1S/C13H18N2O3/c1-17-12-4-2-10(3-5-12)11-8-13(14-9-11)15-18-7-6-16/h2-5,11,16H,6-9H2,1H3,(H,14,15)/t11-/m0/s1. The summed E-state index contributed by atoms with van der Waals surface area (Å²) in [7, 11) is 1.66. The molecule has 0 saturated heterocycles. The zero-order valence-electron chi connectivity index (χ0n) is 10.4. The largest absolute Gasteiger partial charge is 0.497 e. The minimum absolute atomic E-state index is 0.00217. The fourth-order valence-corrected chi connectivity index (χ4v) is 1.94. The van der Waals surface area contributed by atoms with Crippen LogP contribution in [-0.2, 0) is 4.84 Å². The number of nitrogens with one attached hydrogen (secondary N) is 1. The lowest BCUT2D eigenvalue weighted by Crippen LogP contribution is -2.24. The molecule has 0 aliphatic carbocycles. The number of ether oxygens (including phenoxy) is 1. The molecule has 5 nitrogen and oxygen atoms in total. The van der Waals surface area contributed by atoms with Gasteiger partial charge in [-0.3, -0.25) is 15.3 Å². The average Bonchev–Trinajstić information content (AvgIpc) is 2.88. The molecule has 5 heteroatoms. The van der Waals surface area contributed by atoms with Crippen LogP contribution in [0.25, 0.3) is 0 Å². The molecule has 0 unspecified atom stereocenters. The van der Waals surface area contributed by atoms with Gasteiger partial charge in [0, 0.05) is 18.9 Å². The van der Waals surface area contributed by atoms with E-state index in [2.05, 4.69) is 22.6 Å². The third-order valence-electron chi connectivity index (χ3n) is 2.91. The Morgan fingerprint density at radius 1 is 1.39 bits per heavy atom. The highest BCUT2D eigenvalue weighted by Crippen LogP contribution is 2.26. The normalized spacial score (nSPS) is 18.6. The Hall–Kier alpha value is -1.59. The molecule has 0 bridgehead atoms. The van der Waals surface area contributed by atoms with E-state index >= 15 is 0 Å². The highest BCUT2D eigenvalue weighted by atomic mass is 16.6. The smallest absolute Gasteiger partial charge is 0.121 e. The summed E-state index contributed by atoms with van der Waals surface area (Å²) in [5.74, 6) is 2.09. The van der Waals surface area contributed by atoms with Gasteiger partial charge in [-0.05, 0) is 17.7 Å². The molecule has 1 aromatic rings. The summed E-state index contributed by atoms with van der Waals surface area (Å²) < 4.78 is 5.13. The van der Waals surface area contributed by atoms with Crippen LogP contribution < -0.4 is 10.2 Å². The Balaban J connectivity index is 1.85. The van der Waals surface area contributed by atoms with Gasteiger partial charge < -0.3 is 9.84 Å². The van der Waals surface area contributed by atoms with Gasteiger partial charge in [-0.2, -0.15) is 0 Å². The van der Waals surface area contributed by atoms with Crippen molar-refractivity contribution in [3.8, 4) is 5.75 Å². The molecule has 18 heavy (non-hydrogen) atoms. The van der Waals surface area contributed by atoms with E-state index in [1.807, 2.05) is 12.1 Å². The van der Waals surface area contributed by atoms with Crippen molar-refractivity contribution >= 4 is 5.84 Å². The molecule has 2 N–H and O–H groups in total. The summed E-state index contributed by atoms with van der Waals surface area (Å²) in [6, 6.07) is 8.05. The number of aliphatic imine (C=N–C) groups is 1. The molecule has 1 heterocycles. The maximum Gasteiger partial charge on any atom is 0.121 e. The second kappa shape index (κ2) is 6.37. The zero-order chi connectivity index (χ0) is 12.8. The Bertz CT molecular complexity index is 403. The average molecular weight is 250 g/mol. The molecular weight excluding hydrogens is 232 g/mol. The van der Waals surface area contributed by atoms with E-state index in [9.17, 15) is 0 Å². The van der Waals surface area contributed by atoms with E-state index in [0.29, 0.717) is 5.92 Å². The molecule has 0 amide bonds. The van der Waals surface area contributed by atoms with E-state index in [1.54, 1.807) is 7.11 Å². The van der Waals surface area contributed by atoms with Gasteiger partial charge in [-0.1, -0.05) is 12.1 Å². The number of hydrogen-bond acceptors (Lipinski definition) is 5. The molecule has 2 rings (SSSR count). The zero-order valence-corrected chi connectivity index (χ0v) is 10.4. The minimum Gasteiger partial charge on any atom is -0.497 e. The Labute approximate surface area is 106 Å². The van der Waals surface area contributed by atoms with Crippen LogP contribution in [0.4, 0.5) is 0 Å². The van der Waals surface area contributed by atoms with Gasteiger partial charge in [-0.15, -0.1) is 0 Å². The summed E-state index contributed by atoms with van der Waals surface area (Å²) in [5.41, 5.74) is 4.02. The Morgan fingerprint density at radius 3 is 2.83 bits per heavy atom. The summed E-state index contributed by atoms with van der Waals surface area (Å²) in [6.07, 6.45) is 0.831. The molecule has 0 radical (unpaired) electrons. The van der Waals surface area contributed by atoms with Crippen molar-refractivity contribution in [3.05, 3.63) is 29.8 Å². The highest BCUT2D eigenvalue weighted by molar-refractivity contribution is 5.83. The topological polar surface area (TPSA) is 63.1 Å². The van der Waals surface area contributed by atoms with Crippen molar-refractivity contribution in [2.45, 2.75) is 12.3 Å². The van der Waals surface area contributed by atoms with Crippen molar-refractivity contribution < 1.29 is 14.7 Å². The minimum atomic E-state index is 0.00217. The quantitative estimate of drug-likeness (QED) is 0.606. The lowest BCUT2D eigenvalue weighted by molar-refractivity contribution is 0.0525. The predicted molar refractivity (Wildman–Crippen MR) is 68.8 cm³/mol. The first kappa shape index (κ1) is 12.9. The van der Waals surface area contributed by atoms with Gasteiger partial charge in [-0.25, -0.2) is 0 Å². The van der Waals surface area contributed by atoms with Gasteiger partial charge >= 0.3 is 0 Å². The molecule has 0 aromatic heterocycles. The number of amidine groups is 1. The van der Waals surface area contributed by atoms with Gasteiger partial charge in [0.25, 0.3) is 0 Å². The number of aliphatic hydroxyl groups excluding tert-OH is 1. The molecular formula is C13H18N2O3. The van der Waals surface area contributed by atoms with Gasteiger partial charge in [0.2, 0.25) is 0 Å². The second-order valence-electron chi connectivity index (χ2n) is 4.14. The number of rotatable bonds is 5. The van der Waals surface area contributed by atoms with Crippen LogP contribution in [0.5, 0.6) is 5.75 Å². The van der Waals surface area contributed by atoms with E-state index in [1.165, 1.54) is 5.56 Å². The lowest BCUT2D eigenvalue weighted by Gasteiger charge is -2.10. The molecule has 1 aliphatic rings. The maximum atomic E-state index is 8.60. The van der Waals surface area contributed by atoms with E-state index < -0.39 is 0 Å². The molecule has 1 aromatic carbocycles. The van der Waals surface area contributed by atoms with Crippen LogP contribution in [0.1, 0.15) is 17.9 Å². The number of nitrogens with zero attached hydrogens (tertiary/aromatic N) is 1. The maximum absolute atomic E-state index is 8.60. The summed E-state index contributed by atoms with van der Waals surface area (Å²) >= 11 is 0. The Kier molecular flexibility index (Phi) is 4.55. The Morgan fingerprint density at radius 2 is 2.17 bits per heavy atom. The van der Waals surface area contributed by atoms with Crippen LogP contribution in [0, 0.1) is 0 Å². The molecule has 0 spiro atoms. The van der Waals surface area contributed by atoms with Gasteiger partial charge in [0.1, 0.15) is 11.6 Å². The molecule has 98 valence electrons. The van der Waals surface area contributed by atoms with E-state index in [-0.39, 0.29) is 13.2 Å².